The molecule has 3 rings (SSSR count). The van der Waals surface area contributed by atoms with E-state index in [0.29, 0.717) is 25.8 Å². The van der Waals surface area contributed by atoms with Crippen LogP contribution in [0, 0.1) is 0 Å². The molecule has 5 heteroatoms. The molecule has 0 spiro atoms. The average molecular weight is 304 g/mol. The van der Waals surface area contributed by atoms with Crippen molar-refractivity contribution >= 4 is 5.91 Å². The highest BCUT2D eigenvalue weighted by Gasteiger charge is 2.22. The zero-order chi connectivity index (χ0) is 15.2. The Morgan fingerprint density at radius 2 is 2.14 bits per heavy atom. The van der Waals surface area contributed by atoms with Crippen LogP contribution in [-0.4, -0.2) is 37.8 Å². The van der Waals surface area contributed by atoms with E-state index in [-0.39, 0.29) is 5.91 Å². The predicted molar refractivity (Wildman–Crippen MR) is 83.8 cm³/mol. The monoisotopic (exact) mass is 304 g/mol. The fourth-order valence-corrected chi connectivity index (χ4v) is 2.98. The molecule has 2 fully saturated rings. The molecule has 1 amide bonds. The van der Waals surface area contributed by atoms with Gasteiger partial charge in [0, 0.05) is 25.2 Å². The number of hydrogen-bond donors (Lipinski definition) is 2. The van der Waals surface area contributed by atoms with Crippen LogP contribution >= 0.6 is 0 Å². The largest absolute Gasteiger partial charge is 0.490 e. The third kappa shape index (κ3) is 3.99. The molecule has 0 bridgehead atoms. The standard InChI is InChI=1S/C17H24N2O3/c20-17(16-12-18-9-10-21-16)19-11-13-5-1-4-8-15(13)22-14-6-2-3-7-14/h1,4-5,8,14,16,18H,2-3,6-7,9-12H2,(H,19,20). The van der Waals surface area contributed by atoms with Gasteiger partial charge in [-0.15, -0.1) is 0 Å². The van der Waals surface area contributed by atoms with Crippen molar-refractivity contribution in [2.45, 2.75) is 44.4 Å². The lowest BCUT2D eigenvalue weighted by molar-refractivity contribution is -0.134. The van der Waals surface area contributed by atoms with E-state index in [0.717, 1.165) is 30.7 Å². The number of carbonyl (C=O) groups excluding carboxylic acids is 1. The molecular formula is C17H24N2O3. The maximum atomic E-state index is 12.1. The number of amides is 1. The minimum absolute atomic E-state index is 0.0668. The molecule has 1 saturated heterocycles. The smallest absolute Gasteiger partial charge is 0.250 e. The zero-order valence-corrected chi connectivity index (χ0v) is 12.8. The molecule has 1 aliphatic carbocycles. The summed E-state index contributed by atoms with van der Waals surface area (Å²) in [5.74, 6) is 0.820. The van der Waals surface area contributed by atoms with Gasteiger partial charge in [-0.1, -0.05) is 18.2 Å². The lowest BCUT2D eigenvalue weighted by Crippen LogP contribution is -2.47. The summed E-state index contributed by atoms with van der Waals surface area (Å²) < 4.78 is 11.5. The van der Waals surface area contributed by atoms with Crippen molar-refractivity contribution in [2.24, 2.45) is 0 Å². The third-order valence-corrected chi connectivity index (χ3v) is 4.24. The number of hydrogen-bond acceptors (Lipinski definition) is 4. The molecule has 0 radical (unpaired) electrons. The number of nitrogens with one attached hydrogen (secondary N) is 2. The summed E-state index contributed by atoms with van der Waals surface area (Å²) in [5.41, 5.74) is 1.02. The molecule has 0 aromatic heterocycles. The second-order valence-electron chi connectivity index (χ2n) is 5.91. The van der Waals surface area contributed by atoms with E-state index >= 15 is 0 Å². The molecule has 22 heavy (non-hydrogen) atoms. The first kappa shape index (κ1) is 15.3. The first-order valence-corrected chi connectivity index (χ1v) is 8.17. The summed E-state index contributed by atoms with van der Waals surface area (Å²) in [6.07, 6.45) is 4.68. The lowest BCUT2D eigenvalue weighted by atomic mass is 10.2. The van der Waals surface area contributed by atoms with Crippen molar-refractivity contribution in [2.75, 3.05) is 19.7 Å². The van der Waals surface area contributed by atoms with Crippen molar-refractivity contribution in [3.05, 3.63) is 29.8 Å². The van der Waals surface area contributed by atoms with Crippen LogP contribution in [0.15, 0.2) is 24.3 Å². The summed E-state index contributed by atoms with van der Waals surface area (Å²) in [4.78, 5) is 12.1. The number of carbonyl (C=O) groups is 1. The summed E-state index contributed by atoms with van der Waals surface area (Å²) in [6.45, 7) is 2.44. The lowest BCUT2D eigenvalue weighted by Gasteiger charge is -2.23. The second-order valence-corrected chi connectivity index (χ2v) is 5.91. The van der Waals surface area contributed by atoms with Crippen LogP contribution in [0.1, 0.15) is 31.2 Å². The minimum Gasteiger partial charge on any atom is -0.490 e. The molecule has 120 valence electrons. The molecule has 1 aromatic carbocycles. The number of ether oxygens (including phenoxy) is 2. The van der Waals surface area contributed by atoms with Crippen molar-refractivity contribution < 1.29 is 14.3 Å². The number of morpholine rings is 1. The molecule has 1 atom stereocenters. The van der Waals surface area contributed by atoms with Gasteiger partial charge in [-0.3, -0.25) is 4.79 Å². The summed E-state index contributed by atoms with van der Waals surface area (Å²) in [6, 6.07) is 7.94. The van der Waals surface area contributed by atoms with E-state index in [1.807, 2.05) is 24.3 Å². The topological polar surface area (TPSA) is 59.6 Å². The van der Waals surface area contributed by atoms with Crippen LogP contribution in [0.3, 0.4) is 0 Å². The van der Waals surface area contributed by atoms with Crippen molar-refractivity contribution in [1.82, 2.24) is 10.6 Å². The van der Waals surface area contributed by atoms with Gasteiger partial charge in [0.05, 0.1) is 12.7 Å². The Morgan fingerprint density at radius 3 is 2.91 bits per heavy atom. The van der Waals surface area contributed by atoms with Gasteiger partial charge < -0.3 is 20.1 Å². The van der Waals surface area contributed by atoms with Crippen LogP contribution in [-0.2, 0) is 16.1 Å². The molecule has 2 aliphatic rings. The van der Waals surface area contributed by atoms with Gasteiger partial charge in [0.2, 0.25) is 0 Å². The molecule has 5 nitrogen and oxygen atoms in total. The molecule has 1 saturated carbocycles. The molecule has 2 N–H and O–H groups in total. The molecule has 1 unspecified atom stereocenters. The third-order valence-electron chi connectivity index (χ3n) is 4.24. The number of benzene rings is 1. The maximum absolute atomic E-state index is 12.1. The Balaban J connectivity index is 1.56. The highest BCUT2D eigenvalue weighted by molar-refractivity contribution is 5.81. The van der Waals surface area contributed by atoms with E-state index in [1.165, 1.54) is 12.8 Å². The maximum Gasteiger partial charge on any atom is 0.250 e. The fraction of sp³-hybridized carbons (Fsp3) is 0.588. The first-order chi connectivity index (χ1) is 10.8. The van der Waals surface area contributed by atoms with Gasteiger partial charge in [0.25, 0.3) is 5.91 Å². The Hall–Kier alpha value is -1.59. The number of para-hydroxylation sites is 1. The van der Waals surface area contributed by atoms with Gasteiger partial charge in [0.15, 0.2) is 0 Å². The van der Waals surface area contributed by atoms with Gasteiger partial charge >= 0.3 is 0 Å². The first-order valence-electron chi connectivity index (χ1n) is 8.17. The second kappa shape index (κ2) is 7.61. The van der Waals surface area contributed by atoms with Gasteiger partial charge in [-0.25, -0.2) is 0 Å². The summed E-state index contributed by atoms with van der Waals surface area (Å²) in [5, 5.41) is 6.11. The quantitative estimate of drug-likeness (QED) is 0.868. The van der Waals surface area contributed by atoms with Gasteiger partial charge in [-0.05, 0) is 31.7 Å². The van der Waals surface area contributed by atoms with Crippen LogP contribution in [0.25, 0.3) is 0 Å². The molecule has 1 aromatic rings. The van der Waals surface area contributed by atoms with Crippen molar-refractivity contribution in [1.29, 1.82) is 0 Å². The zero-order valence-electron chi connectivity index (χ0n) is 12.8. The van der Waals surface area contributed by atoms with Crippen molar-refractivity contribution in [3.8, 4) is 5.75 Å². The van der Waals surface area contributed by atoms with E-state index in [9.17, 15) is 4.79 Å². The summed E-state index contributed by atoms with van der Waals surface area (Å²) >= 11 is 0. The Labute approximate surface area is 131 Å². The average Bonchev–Trinajstić information content (AvgIpc) is 3.07. The Morgan fingerprint density at radius 1 is 1.32 bits per heavy atom. The summed E-state index contributed by atoms with van der Waals surface area (Å²) in [7, 11) is 0. The van der Waals surface area contributed by atoms with Gasteiger partial charge in [0.1, 0.15) is 11.9 Å². The highest BCUT2D eigenvalue weighted by Crippen LogP contribution is 2.26. The van der Waals surface area contributed by atoms with Crippen LogP contribution in [0.5, 0.6) is 5.75 Å². The molecule has 1 aliphatic heterocycles. The normalized spacial score (nSPS) is 22.5. The predicted octanol–water partition coefficient (Wildman–Crippen LogP) is 1.61. The Kier molecular flexibility index (Phi) is 5.29. The van der Waals surface area contributed by atoms with E-state index < -0.39 is 6.10 Å². The fourth-order valence-electron chi connectivity index (χ4n) is 2.98. The Bertz CT molecular complexity index is 494. The van der Waals surface area contributed by atoms with Crippen LogP contribution < -0.4 is 15.4 Å². The SMILES string of the molecule is O=C(NCc1ccccc1OC1CCCC1)C1CNCCO1. The number of rotatable bonds is 5. The minimum atomic E-state index is -0.392. The van der Waals surface area contributed by atoms with Gasteiger partial charge in [-0.2, -0.15) is 0 Å². The van der Waals surface area contributed by atoms with Crippen molar-refractivity contribution in [3.63, 3.8) is 0 Å². The molecule has 1 heterocycles. The van der Waals surface area contributed by atoms with E-state index in [4.69, 9.17) is 9.47 Å². The highest BCUT2D eigenvalue weighted by atomic mass is 16.5. The van der Waals surface area contributed by atoms with Crippen LogP contribution in [0.4, 0.5) is 0 Å². The van der Waals surface area contributed by atoms with Crippen LogP contribution in [0.2, 0.25) is 0 Å². The van der Waals surface area contributed by atoms with E-state index in [1.54, 1.807) is 0 Å². The molecular weight excluding hydrogens is 280 g/mol. The van der Waals surface area contributed by atoms with E-state index in [2.05, 4.69) is 10.6 Å².